The minimum absolute atomic E-state index is 0.803. The predicted octanol–water partition coefficient (Wildman–Crippen LogP) is 2.91. The van der Waals surface area contributed by atoms with Gasteiger partial charge in [-0.25, -0.2) is 9.97 Å². The van der Waals surface area contributed by atoms with Crippen LogP contribution in [-0.2, 0) is 11.2 Å². The molecule has 0 aliphatic carbocycles. The highest BCUT2D eigenvalue weighted by Gasteiger charge is 2.09. The van der Waals surface area contributed by atoms with Crippen LogP contribution in [0.15, 0.2) is 5.03 Å². The summed E-state index contributed by atoms with van der Waals surface area (Å²) in [5.41, 5.74) is 1.14. The predicted molar refractivity (Wildman–Crippen MR) is 77.5 cm³/mol. The highest BCUT2D eigenvalue weighted by molar-refractivity contribution is 7.99. The Balaban J connectivity index is 2.77. The second kappa shape index (κ2) is 8.32. The van der Waals surface area contributed by atoms with E-state index in [1.165, 1.54) is 0 Å². The number of aromatic nitrogens is 2. The van der Waals surface area contributed by atoms with Crippen LogP contribution in [0.3, 0.4) is 0 Å². The molecule has 102 valence electrons. The summed E-state index contributed by atoms with van der Waals surface area (Å²) in [5, 5.41) is 4.24. The molecule has 0 unspecified atom stereocenters. The van der Waals surface area contributed by atoms with Crippen molar-refractivity contribution in [2.45, 2.75) is 38.1 Å². The van der Waals surface area contributed by atoms with E-state index < -0.39 is 0 Å². The van der Waals surface area contributed by atoms with E-state index in [1.54, 1.807) is 18.9 Å². The van der Waals surface area contributed by atoms with E-state index in [0.717, 1.165) is 53.9 Å². The van der Waals surface area contributed by atoms with E-state index in [1.807, 2.05) is 7.05 Å². The monoisotopic (exact) mass is 269 g/mol. The molecule has 0 saturated carbocycles. The summed E-state index contributed by atoms with van der Waals surface area (Å²) in [4.78, 5) is 9.16. The van der Waals surface area contributed by atoms with Gasteiger partial charge in [0.2, 0.25) is 0 Å². The zero-order valence-electron chi connectivity index (χ0n) is 11.7. The molecule has 1 aromatic rings. The SMILES string of the molecule is CCCc1nc(NC)c(C)c(SCCCOC)n1. The average molecular weight is 269 g/mol. The molecule has 0 aromatic carbocycles. The van der Waals surface area contributed by atoms with E-state index in [4.69, 9.17) is 4.74 Å². The number of nitrogens with zero attached hydrogens (tertiary/aromatic N) is 2. The Morgan fingerprint density at radius 3 is 2.72 bits per heavy atom. The number of rotatable bonds is 8. The molecular formula is C13H23N3OS. The van der Waals surface area contributed by atoms with Crippen molar-refractivity contribution >= 4 is 17.6 Å². The molecule has 1 N–H and O–H groups in total. The van der Waals surface area contributed by atoms with Gasteiger partial charge in [-0.2, -0.15) is 0 Å². The zero-order valence-corrected chi connectivity index (χ0v) is 12.6. The van der Waals surface area contributed by atoms with Crippen LogP contribution >= 0.6 is 11.8 Å². The Morgan fingerprint density at radius 2 is 2.11 bits per heavy atom. The summed E-state index contributed by atoms with van der Waals surface area (Å²) in [5.74, 6) is 2.91. The van der Waals surface area contributed by atoms with Gasteiger partial charge < -0.3 is 10.1 Å². The second-order valence-electron chi connectivity index (χ2n) is 4.11. The maximum Gasteiger partial charge on any atom is 0.133 e. The number of thioether (sulfide) groups is 1. The molecule has 0 aliphatic heterocycles. The van der Waals surface area contributed by atoms with Crippen LogP contribution < -0.4 is 5.32 Å². The maximum absolute atomic E-state index is 5.06. The van der Waals surface area contributed by atoms with Crippen LogP contribution in [0.5, 0.6) is 0 Å². The topological polar surface area (TPSA) is 47.0 Å². The minimum Gasteiger partial charge on any atom is -0.385 e. The first kappa shape index (κ1) is 15.2. The first-order chi connectivity index (χ1) is 8.72. The van der Waals surface area contributed by atoms with E-state index in [9.17, 15) is 0 Å². The summed E-state index contributed by atoms with van der Waals surface area (Å²) in [7, 11) is 3.64. The van der Waals surface area contributed by atoms with Crippen LogP contribution in [0.2, 0.25) is 0 Å². The van der Waals surface area contributed by atoms with Gasteiger partial charge in [-0.15, -0.1) is 11.8 Å². The zero-order chi connectivity index (χ0) is 13.4. The minimum atomic E-state index is 0.803. The first-order valence-corrected chi connectivity index (χ1v) is 7.38. The summed E-state index contributed by atoms with van der Waals surface area (Å²) < 4.78 is 5.06. The fourth-order valence-corrected chi connectivity index (χ4v) is 2.57. The molecule has 1 aromatic heterocycles. The molecule has 4 nitrogen and oxygen atoms in total. The third kappa shape index (κ3) is 4.46. The van der Waals surface area contributed by atoms with Crippen molar-refractivity contribution in [1.82, 2.24) is 9.97 Å². The number of nitrogens with one attached hydrogen (secondary N) is 1. The average Bonchev–Trinajstić information content (AvgIpc) is 2.38. The van der Waals surface area contributed by atoms with E-state index >= 15 is 0 Å². The third-order valence-corrected chi connectivity index (χ3v) is 3.75. The molecule has 18 heavy (non-hydrogen) atoms. The number of anilines is 1. The van der Waals surface area contributed by atoms with Gasteiger partial charge in [0.1, 0.15) is 16.7 Å². The molecule has 0 atom stereocenters. The van der Waals surface area contributed by atoms with Crippen molar-refractivity contribution in [3.05, 3.63) is 11.4 Å². The Hall–Kier alpha value is -0.810. The van der Waals surface area contributed by atoms with Crippen LogP contribution in [-0.4, -0.2) is 36.5 Å². The van der Waals surface area contributed by atoms with E-state index in [2.05, 4.69) is 29.1 Å². The number of hydrogen-bond donors (Lipinski definition) is 1. The molecule has 0 bridgehead atoms. The molecule has 0 spiro atoms. The fourth-order valence-electron chi connectivity index (χ4n) is 1.63. The molecule has 0 radical (unpaired) electrons. The lowest BCUT2D eigenvalue weighted by Gasteiger charge is -2.11. The summed E-state index contributed by atoms with van der Waals surface area (Å²) in [6.07, 6.45) is 3.04. The quantitative estimate of drug-likeness (QED) is 0.447. The van der Waals surface area contributed by atoms with Crippen molar-refractivity contribution in [2.24, 2.45) is 0 Å². The lowest BCUT2D eigenvalue weighted by molar-refractivity contribution is 0.200. The van der Waals surface area contributed by atoms with Crippen LogP contribution in [0.4, 0.5) is 5.82 Å². The highest BCUT2D eigenvalue weighted by atomic mass is 32.2. The number of ether oxygens (including phenoxy) is 1. The van der Waals surface area contributed by atoms with Gasteiger partial charge in [0, 0.05) is 38.5 Å². The van der Waals surface area contributed by atoms with E-state index in [0.29, 0.717) is 0 Å². The van der Waals surface area contributed by atoms with Crippen molar-refractivity contribution in [3.63, 3.8) is 0 Å². The normalized spacial score (nSPS) is 10.7. The summed E-state index contributed by atoms with van der Waals surface area (Å²) in [6.45, 7) is 5.02. The standard InChI is InChI=1S/C13H23N3OS/c1-5-7-11-15-12(14-3)10(2)13(16-11)18-9-6-8-17-4/h5-9H2,1-4H3,(H,14,15,16). The van der Waals surface area contributed by atoms with Crippen molar-refractivity contribution in [2.75, 3.05) is 31.8 Å². The Morgan fingerprint density at radius 1 is 1.33 bits per heavy atom. The van der Waals surface area contributed by atoms with Crippen molar-refractivity contribution in [3.8, 4) is 0 Å². The first-order valence-electron chi connectivity index (χ1n) is 6.39. The molecule has 0 fully saturated rings. The summed E-state index contributed by atoms with van der Waals surface area (Å²) >= 11 is 1.79. The van der Waals surface area contributed by atoms with Gasteiger partial charge >= 0.3 is 0 Å². The van der Waals surface area contributed by atoms with Crippen LogP contribution in [0, 0.1) is 6.92 Å². The Labute approximate surface area is 114 Å². The van der Waals surface area contributed by atoms with Crippen LogP contribution in [0.1, 0.15) is 31.2 Å². The van der Waals surface area contributed by atoms with Gasteiger partial charge in [-0.1, -0.05) is 6.92 Å². The Kier molecular flexibility index (Phi) is 7.05. The smallest absolute Gasteiger partial charge is 0.133 e. The lowest BCUT2D eigenvalue weighted by atomic mass is 10.3. The molecule has 0 amide bonds. The third-order valence-electron chi connectivity index (χ3n) is 2.59. The lowest BCUT2D eigenvalue weighted by Crippen LogP contribution is -2.05. The maximum atomic E-state index is 5.06. The second-order valence-corrected chi connectivity index (χ2v) is 5.20. The number of hydrogen-bond acceptors (Lipinski definition) is 5. The summed E-state index contributed by atoms with van der Waals surface area (Å²) in [6, 6.07) is 0. The number of methoxy groups -OCH3 is 1. The molecule has 1 rings (SSSR count). The number of aryl methyl sites for hydroxylation is 1. The molecule has 1 heterocycles. The van der Waals surface area contributed by atoms with Gasteiger partial charge in [-0.05, 0) is 19.8 Å². The van der Waals surface area contributed by atoms with E-state index in [-0.39, 0.29) is 0 Å². The van der Waals surface area contributed by atoms with Gasteiger partial charge in [0.25, 0.3) is 0 Å². The molecular weight excluding hydrogens is 246 g/mol. The van der Waals surface area contributed by atoms with Gasteiger partial charge in [-0.3, -0.25) is 0 Å². The van der Waals surface area contributed by atoms with Gasteiger partial charge in [0.05, 0.1) is 0 Å². The highest BCUT2D eigenvalue weighted by Crippen LogP contribution is 2.25. The fraction of sp³-hybridized carbons (Fsp3) is 0.692. The largest absolute Gasteiger partial charge is 0.385 e. The van der Waals surface area contributed by atoms with Crippen molar-refractivity contribution < 1.29 is 4.74 Å². The van der Waals surface area contributed by atoms with Crippen LogP contribution in [0.25, 0.3) is 0 Å². The molecule has 0 aliphatic rings. The molecule has 0 saturated heterocycles. The Bertz CT molecular complexity index is 371. The van der Waals surface area contributed by atoms with Gasteiger partial charge in [0.15, 0.2) is 0 Å². The van der Waals surface area contributed by atoms with Crippen molar-refractivity contribution in [1.29, 1.82) is 0 Å². The molecule has 5 heteroatoms.